The molecule has 0 aromatic rings. The van der Waals surface area contributed by atoms with Gasteiger partial charge in [-0.15, -0.1) is 0 Å². The summed E-state index contributed by atoms with van der Waals surface area (Å²) in [4.78, 5) is 0. The normalized spacial score (nSPS) is 16.7. The van der Waals surface area contributed by atoms with Gasteiger partial charge in [0, 0.05) is 23.2 Å². The Morgan fingerprint density at radius 2 is 1.31 bits per heavy atom. The fraction of sp³-hybridized carbons (Fsp3) is 0.778. The third-order valence-electron chi connectivity index (χ3n) is 4.30. The number of allylic oxidation sites excluding steroid dienone is 4. The lowest BCUT2D eigenvalue weighted by Crippen LogP contribution is -2.33. The zero-order chi connectivity index (χ0) is 20.4. The Hall–Kier alpha value is -1.02. The van der Waals surface area contributed by atoms with E-state index < -0.39 is 23.5 Å². The lowest BCUT2D eigenvalue weighted by molar-refractivity contribution is -0.0924. The molecule has 0 aromatic heterocycles. The second-order valence-electron chi connectivity index (χ2n) is 6.55. The van der Waals surface area contributed by atoms with Crippen LogP contribution >= 0.6 is 0 Å². The number of alkyl halides is 6. The lowest BCUT2D eigenvalue weighted by atomic mass is 10.1. The first-order valence-electron chi connectivity index (χ1n) is 8.76. The fourth-order valence-corrected chi connectivity index (χ4v) is 2.32. The van der Waals surface area contributed by atoms with Crippen LogP contribution in [0.3, 0.4) is 0 Å². The fourth-order valence-electron chi connectivity index (χ4n) is 2.32. The number of hydrogen-bond donors (Lipinski definition) is 2. The van der Waals surface area contributed by atoms with Gasteiger partial charge in [0.05, 0.1) is 0 Å². The maximum atomic E-state index is 12.4. The zero-order valence-electron chi connectivity index (χ0n) is 15.8. The second kappa shape index (κ2) is 11.6. The van der Waals surface area contributed by atoms with Crippen molar-refractivity contribution in [1.29, 1.82) is 0 Å². The van der Waals surface area contributed by atoms with Crippen LogP contribution in [0.1, 0.15) is 52.9 Å². The predicted molar refractivity (Wildman–Crippen MR) is 93.0 cm³/mol. The Morgan fingerprint density at radius 1 is 0.846 bits per heavy atom. The summed E-state index contributed by atoms with van der Waals surface area (Å²) in [6.45, 7) is 4.67. The summed E-state index contributed by atoms with van der Waals surface area (Å²) >= 11 is 0. The van der Waals surface area contributed by atoms with Crippen molar-refractivity contribution in [2.45, 2.75) is 77.3 Å². The molecule has 0 aliphatic heterocycles. The van der Waals surface area contributed by atoms with Crippen LogP contribution in [0.5, 0.6) is 0 Å². The SMILES string of the molecule is CNC(CC/C=C(\C)C(F)(F)F)CCNC(C)CC/C=C(/C)C(F)(F)F. The summed E-state index contributed by atoms with van der Waals surface area (Å²) in [5.41, 5.74) is -1.16. The molecule has 154 valence electrons. The smallest absolute Gasteiger partial charge is 0.317 e. The minimum atomic E-state index is -4.27. The number of halogens is 6. The molecule has 2 unspecified atom stereocenters. The topological polar surface area (TPSA) is 24.1 Å². The van der Waals surface area contributed by atoms with E-state index >= 15 is 0 Å². The molecule has 0 bridgehead atoms. The van der Waals surface area contributed by atoms with Crippen LogP contribution in [0.25, 0.3) is 0 Å². The summed E-state index contributed by atoms with van der Waals surface area (Å²) in [5, 5.41) is 6.32. The summed E-state index contributed by atoms with van der Waals surface area (Å²) < 4.78 is 74.3. The quantitative estimate of drug-likeness (QED) is 0.360. The highest BCUT2D eigenvalue weighted by atomic mass is 19.4. The van der Waals surface area contributed by atoms with E-state index in [-0.39, 0.29) is 12.1 Å². The molecule has 0 heterocycles. The number of rotatable bonds is 11. The molecule has 0 aliphatic carbocycles. The largest absolute Gasteiger partial charge is 0.412 e. The molecule has 8 heteroatoms. The van der Waals surface area contributed by atoms with Gasteiger partial charge in [-0.2, -0.15) is 26.3 Å². The molecular formula is C18H30F6N2. The van der Waals surface area contributed by atoms with Crippen molar-refractivity contribution in [2.75, 3.05) is 13.6 Å². The van der Waals surface area contributed by atoms with Crippen LogP contribution in [-0.4, -0.2) is 38.0 Å². The van der Waals surface area contributed by atoms with Gasteiger partial charge in [-0.05, 0) is 66.5 Å². The van der Waals surface area contributed by atoms with E-state index in [9.17, 15) is 26.3 Å². The molecule has 0 saturated carbocycles. The molecule has 0 radical (unpaired) electrons. The Morgan fingerprint density at radius 3 is 1.73 bits per heavy atom. The van der Waals surface area contributed by atoms with Crippen LogP contribution in [0.2, 0.25) is 0 Å². The number of nitrogens with one attached hydrogen (secondary N) is 2. The summed E-state index contributed by atoms with van der Waals surface area (Å²) in [6.07, 6.45) is -3.54. The molecule has 0 rings (SSSR count). The highest BCUT2D eigenvalue weighted by molar-refractivity contribution is 5.05. The molecule has 0 saturated heterocycles. The molecule has 0 amide bonds. The third-order valence-corrected chi connectivity index (χ3v) is 4.30. The summed E-state index contributed by atoms with van der Waals surface area (Å²) in [7, 11) is 1.76. The van der Waals surface area contributed by atoms with Gasteiger partial charge >= 0.3 is 12.4 Å². The first-order chi connectivity index (χ1) is 11.9. The van der Waals surface area contributed by atoms with Crippen molar-refractivity contribution in [3.63, 3.8) is 0 Å². The Labute approximate surface area is 152 Å². The molecular weight excluding hydrogens is 358 g/mol. The molecule has 0 spiro atoms. The average molecular weight is 388 g/mol. The van der Waals surface area contributed by atoms with E-state index in [1.807, 2.05) is 6.92 Å². The predicted octanol–water partition coefficient (Wildman–Crippen LogP) is 5.52. The van der Waals surface area contributed by atoms with E-state index in [1.54, 1.807) is 7.05 Å². The van der Waals surface area contributed by atoms with Crippen molar-refractivity contribution in [3.8, 4) is 0 Å². The molecule has 2 nitrogen and oxygen atoms in total. The van der Waals surface area contributed by atoms with Gasteiger partial charge in [-0.1, -0.05) is 12.2 Å². The van der Waals surface area contributed by atoms with Crippen LogP contribution in [-0.2, 0) is 0 Å². The van der Waals surface area contributed by atoms with E-state index in [0.29, 0.717) is 32.2 Å². The molecule has 0 aliphatic rings. The highest BCUT2D eigenvalue weighted by Gasteiger charge is 2.30. The van der Waals surface area contributed by atoms with Gasteiger partial charge in [0.2, 0.25) is 0 Å². The van der Waals surface area contributed by atoms with Gasteiger partial charge in [0.15, 0.2) is 0 Å². The van der Waals surface area contributed by atoms with Crippen molar-refractivity contribution in [3.05, 3.63) is 23.3 Å². The van der Waals surface area contributed by atoms with Gasteiger partial charge in [0.25, 0.3) is 0 Å². The highest BCUT2D eigenvalue weighted by Crippen LogP contribution is 2.26. The summed E-state index contributed by atoms with van der Waals surface area (Å²) in [5.74, 6) is 0. The van der Waals surface area contributed by atoms with Crippen LogP contribution in [0.15, 0.2) is 23.3 Å². The third kappa shape index (κ3) is 11.6. The minimum absolute atomic E-state index is 0.0668. The van der Waals surface area contributed by atoms with Crippen molar-refractivity contribution < 1.29 is 26.3 Å². The monoisotopic (exact) mass is 388 g/mol. The van der Waals surface area contributed by atoms with Gasteiger partial charge in [-0.3, -0.25) is 0 Å². The van der Waals surface area contributed by atoms with Crippen molar-refractivity contribution >= 4 is 0 Å². The van der Waals surface area contributed by atoms with E-state index in [2.05, 4.69) is 10.6 Å². The second-order valence-corrected chi connectivity index (χ2v) is 6.55. The molecule has 0 aromatic carbocycles. The zero-order valence-corrected chi connectivity index (χ0v) is 15.8. The van der Waals surface area contributed by atoms with Crippen molar-refractivity contribution in [1.82, 2.24) is 10.6 Å². The van der Waals surface area contributed by atoms with Crippen LogP contribution in [0.4, 0.5) is 26.3 Å². The molecule has 0 fully saturated rings. The minimum Gasteiger partial charge on any atom is -0.317 e. The van der Waals surface area contributed by atoms with Crippen molar-refractivity contribution in [2.24, 2.45) is 0 Å². The van der Waals surface area contributed by atoms with E-state index in [4.69, 9.17) is 0 Å². The van der Waals surface area contributed by atoms with Gasteiger partial charge < -0.3 is 10.6 Å². The number of hydrogen-bond acceptors (Lipinski definition) is 2. The van der Waals surface area contributed by atoms with Crippen LogP contribution in [0, 0.1) is 0 Å². The van der Waals surface area contributed by atoms with Gasteiger partial charge in [0.1, 0.15) is 0 Å². The maximum absolute atomic E-state index is 12.4. The van der Waals surface area contributed by atoms with E-state index in [1.165, 1.54) is 12.2 Å². The van der Waals surface area contributed by atoms with E-state index in [0.717, 1.165) is 20.3 Å². The maximum Gasteiger partial charge on any atom is 0.412 e. The Bertz CT molecular complexity index is 452. The first-order valence-corrected chi connectivity index (χ1v) is 8.76. The van der Waals surface area contributed by atoms with Crippen LogP contribution < -0.4 is 10.6 Å². The molecule has 26 heavy (non-hydrogen) atoms. The molecule has 2 N–H and O–H groups in total. The van der Waals surface area contributed by atoms with Gasteiger partial charge in [-0.25, -0.2) is 0 Å². The average Bonchev–Trinajstić information content (AvgIpc) is 2.51. The lowest BCUT2D eigenvalue weighted by Gasteiger charge is -2.18. The molecule has 2 atom stereocenters. The standard InChI is InChI=1S/C18H30F6N2/c1-13(17(19,20)21)7-5-9-15(3)26-12-11-16(25-4)10-6-8-14(2)18(22,23)24/h7-8,15-16,25-26H,5-6,9-12H2,1-4H3/b13-7-,14-8+. The first kappa shape index (κ1) is 25.0. The Balaban J connectivity index is 4.08. The Kier molecular flexibility index (Phi) is 11.2. The summed E-state index contributed by atoms with van der Waals surface area (Å²) in [6, 6.07) is 0.150.